The first kappa shape index (κ1) is 16.2. The molecule has 0 aliphatic carbocycles. The summed E-state index contributed by atoms with van der Waals surface area (Å²) in [6.07, 6.45) is 3.82. The number of likely N-dealkylation sites (tertiary alicyclic amines) is 1. The normalized spacial score (nSPS) is 19.5. The lowest BCUT2D eigenvalue weighted by Gasteiger charge is -2.34. The Kier molecular flexibility index (Phi) is 5.96. The number of carbonyl (C=O) groups is 1. The molecule has 1 saturated heterocycles. The number of benzene rings is 1. The van der Waals surface area contributed by atoms with E-state index in [-0.39, 0.29) is 30.8 Å². The number of nitrogens with zero attached hydrogens (tertiary/aromatic N) is 1. The first-order chi connectivity index (χ1) is 10.1. The highest BCUT2D eigenvalue weighted by atomic mass is 35.5. The summed E-state index contributed by atoms with van der Waals surface area (Å²) in [5, 5.41) is 11.9. The van der Waals surface area contributed by atoms with Crippen molar-refractivity contribution in [2.75, 3.05) is 25.0 Å². The molecule has 1 atom stereocenters. The molecule has 0 bridgehead atoms. The number of halogens is 2. The van der Waals surface area contributed by atoms with Gasteiger partial charge in [-0.1, -0.05) is 18.0 Å². The number of carbonyl (C=O) groups excluding carboxylic acids is 1. The van der Waals surface area contributed by atoms with Gasteiger partial charge in [-0.05, 0) is 44.0 Å². The second-order valence-electron chi connectivity index (χ2n) is 5.30. The topological polar surface area (TPSA) is 52.6 Å². The van der Waals surface area contributed by atoms with E-state index in [1.807, 2.05) is 0 Å². The van der Waals surface area contributed by atoms with Crippen LogP contribution in [0.2, 0.25) is 5.02 Å². The van der Waals surface area contributed by atoms with Crippen molar-refractivity contribution in [2.24, 2.45) is 0 Å². The molecule has 6 heteroatoms. The van der Waals surface area contributed by atoms with Crippen molar-refractivity contribution in [3.63, 3.8) is 0 Å². The van der Waals surface area contributed by atoms with Crippen LogP contribution in [0, 0.1) is 5.82 Å². The van der Waals surface area contributed by atoms with Crippen LogP contribution in [0.25, 0.3) is 0 Å². The average Bonchev–Trinajstić information content (AvgIpc) is 2.44. The Balaban J connectivity index is 1.93. The number of anilines is 1. The summed E-state index contributed by atoms with van der Waals surface area (Å²) in [7, 11) is 0. The Morgan fingerprint density at radius 1 is 1.48 bits per heavy atom. The maximum atomic E-state index is 13.6. The van der Waals surface area contributed by atoms with E-state index in [2.05, 4.69) is 10.2 Å². The molecule has 1 aliphatic rings. The number of aliphatic hydroxyl groups is 1. The van der Waals surface area contributed by atoms with Gasteiger partial charge in [0.2, 0.25) is 5.91 Å². The predicted octanol–water partition coefficient (Wildman–Crippen LogP) is 2.65. The van der Waals surface area contributed by atoms with Gasteiger partial charge in [0, 0.05) is 17.7 Å². The third-order valence-corrected chi connectivity index (χ3v) is 4.00. The smallest absolute Gasteiger partial charge is 0.238 e. The van der Waals surface area contributed by atoms with E-state index >= 15 is 0 Å². The Hall–Kier alpha value is -1.17. The summed E-state index contributed by atoms with van der Waals surface area (Å²) >= 11 is 5.68. The van der Waals surface area contributed by atoms with Gasteiger partial charge in [0.25, 0.3) is 0 Å². The summed E-state index contributed by atoms with van der Waals surface area (Å²) in [5.74, 6) is -0.789. The van der Waals surface area contributed by atoms with Crippen LogP contribution in [-0.2, 0) is 4.79 Å². The summed E-state index contributed by atoms with van der Waals surface area (Å²) in [4.78, 5) is 14.1. The van der Waals surface area contributed by atoms with Crippen molar-refractivity contribution in [3.8, 4) is 0 Å². The summed E-state index contributed by atoms with van der Waals surface area (Å²) < 4.78 is 13.6. The Bertz CT molecular complexity index is 497. The van der Waals surface area contributed by atoms with E-state index in [1.165, 1.54) is 18.2 Å². The number of rotatable bonds is 5. The van der Waals surface area contributed by atoms with Gasteiger partial charge >= 0.3 is 0 Å². The van der Waals surface area contributed by atoms with Crippen LogP contribution in [0.15, 0.2) is 18.2 Å². The minimum atomic E-state index is -0.540. The minimum absolute atomic E-state index is 0.120. The molecule has 1 aromatic carbocycles. The van der Waals surface area contributed by atoms with Crippen molar-refractivity contribution in [1.29, 1.82) is 0 Å². The van der Waals surface area contributed by atoms with Gasteiger partial charge in [0.1, 0.15) is 5.82 Å². The number of amides is 1. The fraction of sp³-hybridized carbons (Fsp3) is 0.533. The molecular weight excluding hydrogens is 295 g/mol. The van der Waals surface area contributed by atoms with E-state index in [0.29, 0.717) is 11.4 Å². The molecule has 1 heterocycles. The van der Waals surface area contributed by atoms with Gasteiger partial charge in [-0.3, -0.25) is 9.69 Å². The van der Waals surface area contributed by atoms with Crippen LogP contribution < -0.4 is 5.32 Å². The van der Waals surface area contributed by atoms with Crippen LogP contribution in [-0.4, -0.2) is 41.7 Å². The zero-order valence-corrected chi connectivity index (χ0v) is 12.6. The van der Waals surface area contributed by atoms with E-state index < -0.39 is 5.82 Å². The molecular formula is C15H20ClFN2O2. The van der Waals surface area contributed by atoms with Crippen LogP contribution >= 0.6 is 11.6 Å². The van der Waals surface area contributed by atoms with Crippen LogP contribution in [0.1, 0.15) is 25.7 Å². The number of piperidine rings is 1. The quantitative estimate of drug-likeness (QED) is 0.878. The van der Waals surface area contributed by atoms with E-state index in [9.17, 15) is 9.18 Å². The van der Waals surface area contributed by atoms with Gasteiger partial charge < -0.3 is 10.4 Å². The fourth-order valence-corrected chi connectivity index (χ4v) is 2.87. The van der Waals surface area contributed by atoms with Crippen LogP contribution in [0.5, 0.6) is 0 Å². The molecule has 2 rings (SSSR count). The van der Waals surface area contributed by atoms with Crippen molar-refractivity contribution >= 4 is 23.2 Å². The lowest BCUT2D eigenvalue weighted by Crippen LogP contribution is -2.44. The molecule has 4 nitrogen and oxygen atoms in total. The Morgan fingerprint density at radius 2 is 2.29 bits per heavy atom. The molecule has 2 N–H and O–H groups in total. The van der Waals surface area contributed by atoms with Gasteiger partial charge in [-0.25, -0.2) is 4.39 Å². The summed E-state index contributed by atoms with van der Waals surface area (Å²) in [5.41, 5.74) is 0.139. The first-order valence-corrected chi connectivity index (χ1v) is 7.58. The molecule has 0 saturated carbocycles. The standard InChI is InChI=1S/C15H20ClFN2O2/c16-11-4-5-14(13(17)9-11)18-15(21)10-19-7-2-1-3-12(19)6-8-20/h4-5,9,12,20H,1-3,6-8,10H2,(H,18,21). The van der Waals surface area contributed by atoms with Crippen molar-refractivity contribution < 1.29 is 14.3 Å². The Labute approximate surface area is 128 Å². The van der Waals surface area contributed by atoms with Crippen molar-refractivity contribution in [2.45, 2.75) is 31.7 Å². The van der Waals surface area contributed by atoms with Gasteiger partial charge in [-0.15, -0.1) is 0 Å². The highest BCUT2D eigenvalue weighted by Crippen LogP contribution is 2.21. The molecule has 1 unspecified atom stereocenters. The maximum Gasteiger partial charge on any atom is 0.238 e. The van der Waals surface area contributed by atoms with E-state index in [0.717, 1.165) is 25.8 Å². The molecule has 1 aliphatic heterocycles. The number of hydrogen-bond acceptors (Lipinski definition) is 3. The van der Waals surface area contributed by atoms with Gasteiger partial charge in [0.05, 0.1) is 12.2 Å². The van der Waals surface area contributed by atoms with E-state index in [1.54, 1.807) is 0 Å². The summed E-state index contributed by atoms with van der Waals surface area (Å²) in [6.45, 7) is 1.17. The number of nitrogens with one attached hydrogen (secondary N) is 1. The molecule has 0 spiro atoms. The highest BCUT2D eigenvalue weighted by molar-refractivity contribution is 6.30. The molecule has 1 fully saturated rings. The first-order valence-electron chi connectivity index (χ1n) is 7.20. The zero-order chi connectivity index (χ0) is 15.2. The minimum Gasteiger partial charge on any atom is -0.396 e. The SMILES string of the molecule is O=C(CN1CCCCC1CCO)Nc1ccc(Cl)cc1F. The lowest BCUT2D eigenvalue weighted by atomic mass is 10.00. The monoisotopic (exact) mass is 314 g/mol. The van der Waals surface area contributed by atoms with Crippen LogP contribution in [0.4, 0.5) is 10.1 Å². The highest BCUT2D eigenvalue weighted by Gasteiger charge is 2.24. The third kappa shape index (κ3) is 4.66. The van der Waals surface area contributed by atoms with E-state index in [4.69, 9.17) is 16.7 Å². The second kappa shape index (κ2) is 7.73. The van der Waals surface area contributed by atoms with Gasteiger partial charge in [-0.2, -0.15) is 0 Å². The predicted molar refractivity (Wildman–Crippen MR) is 81.0 cm³/mol. The van der Waals surface area contributed by atoms with Crippen molar-refractivity contribution in [1.82, 2.24) is 4.90 Å². The van der Waals surface area contributed by atoms with Gasteiger partial charge in [0.15, 0.2) is 0 Å². The Morgan fingerprint density at radius 3 is 3.00 bits per heavy atom. The molecule has 0 radical (unpaired) electrons. The average molecular weight is 315 g/mol. The van der Waals surface area contributed by atoms with Crippen molar-refractivity contribution in [3.05, 3.63) is 29.0 Å². The molecule has 116 valence electrons. The number of aliphatic hydroxyl groups excluding tert-OH is 1. The van der Waals surface area contributed by atoms with Crippen LogP contribution in [0.3, 0.4) is 0 Å². The largest absolute Gasteiger partial charge is 0.396 e. The summed E-state index contributed by atoms with van der Waals surface area (Å²) in [6, 6.07) is 4.39. The molecule has 21 heavy (non-hydrogen) atoms. The third-order valence-electron chi connectivity index (χ3n) is 3.76. The second-order valence-corrected chi connectivity index (χ2v) is 5.74. The fourth-order valence-electron chi connectivity index (χ4n) is 2.71. The number of hydrogen-bond donors (Lipinski definition) is 2. The zero-order valence-electron chi connectivity index (χ0n) is 11.8. The lowest BCUT2D eigenvalue weighted by molar-refractivity contribution is -0.118. The molecule has 1 aromatic rings. The molecule has 1 amide bonds. The maximum absolute atomic E-state index is 13.6. The molecule has 0 aromatic heterocycles.